The number of hydrogen-bond donors (Lipinski definition) is 1. The molecule has 8 heteroatoms. The molecule has 2 saturated heterocycles. The zero-order chi connectivity index (χ0) is 18.8. The molecule has 0 spiro atoms. The molecule has 0 bridgehead atoms. The van der Waals surface area contributed by atoms with Crippen LogP contribution in [0.4, 0.5) is 0 Å². The highest BCUT2D eigenvalue weighted by Gasteiger charge is 2.38. The van der Waals surface area contributed by atoms with Gasteiger partial charge in [0.2, 0.25) is 5.91 Å². The largest absolute Gasteiger partial charge is 0.341 e. The van der Waals surface area contributed by atoms with E-state index in [0.717, 1.165) is 25.8 Å². The summed E-state index contributed by atoms with van der Waals surface area (Å²) in [5.74, 6) is 0.172. The van der Waals surface area contributed by atoms with E-state index in [0.29, 0.717) is 41.0 Å². The Hall–Kier alpha value is -1.01. The van der Waals surface area contributed by atoms with Crippen LogP contribution in [-0.2, 0) is 4.79 Å². The maximum Gasteiger partial charge on any atom is 0.254 e. The van der Waals surface area contributed by atoms with Crippen molar-refractivity contribution in [2.45, 2.75) is 44.7 Å². The standard InChI is InChI=1S/C19H25Cl2N3O2.ClH/c1-12(22)13-4-2-6-23(11-13)19(26)17-5-3-7-24(17)18(25)14-8-15(20)10-16(21)9-14;/h8-10,12-13,17H,2-7,11,22H2,1H3;1H. The average Bonchev–Trinajstić information content (AvgIpc) is 3.09. The van der Waals surface area contributed by atoms with Gasteiger partial charge in [-0.15, -0.1) is 12.4 Å². The van der Waals surface area contributed by atoms with Crippen molar-refractivity contribution in [1.29, 1.82) is 0 Å². The van der Waals surface area contributed by atoms with Crippen LogP contribution in [0.3, 0.4) is 0 Å². The van der Waals surface area contributed by atoms with E-state index in [2.05, 4.69) is 0 Å². The third kappa shape index (κ3) is 5.08. The van der Waals surface area contributed by atoms with Gasteiger partial charge in [0, 0.05) is 41.3 Å². The monoisotopic (exact) mass is 433 g/mol. The van der Waals surface area contributed by atoms with E-state index >= 15 is 0 Å². The van der Waals surface area contributed by atoms with Crippen molar-refractivity contribution < 1.29 is 9.59 Å². The number of amides is 2. The fourth-order valence-corrected chi connectivity index (χ4v) is 4.49. The molecule has 2 N–H and O–H groups in total. The van der Waals surface area contributed by atoms with E-state index in [1.807, 2.05) is 11.8 Å². The highest BCUT2D eigenvalue weighted by atomic mass is 35.5. The number of nitrogens with zero attached hydrogens (tertiary/aromatic N) is 2. The number of rotatable bonds is 3. The number of piperidine rings is 1. The summed E-state index contributed by atoms with van der Waals surface area (Å²) in [7, 11) is 0. The van der Waals surface area contributed by atoms with Crippen molar-refractivity contribution in [2.75, 3.05) is 19.6 Å². The Morgan fingerprint density at radius 3 is 2.37 bits per heavy atom. The number of carbonyl (C=O) groups excluding carboxylic acids is 2. The Bertz CT molecular complexity index is 679. The summed E-state index contributed by atoms with van der Waals surface area (Å²) in [5, 5.41) is 0.831. The number of halogens is 3. The molecule has 3 atom stereocenters. The van der Waals surface area contributed by atoms with Gasteiger partial charge in [-0.05, 0) is 56.7 Å². The number of hydrogen-bond acceptors (Lipinski definition) is 3. The molecular weight excluding hydrogens is 409 g/mol. The first-order valence-corrected chi connectivity index (χ1v) is 9.94. The molecule has 27 heavy (non-hydrogen) atoms. The second kappa shape index (κ2) is 9.46. The summed E-state index contributed by atoms with van der Waals surface area (Å²) in [6.45, 7) is 3.98. The molecule has 0 saturated carbocycles. The van der Waals surface area contributed by atoms with Crippen LogP contribution in [0, 0.1) is 5.92 Å². The maximum absolute atomic E-state index is 13.1. The minimum absolute atomic E-state index is 0. The van der Waals surface area contributed by atoms with E-state index in [-0.39, 0.29) is 30.3 Å². The van der Waals surface area contributed by atoms with Crippen molar-refractivity contribution in [2.24, 2.45) is 11.7 Å². The Morgan fingerprint density at radius 2 is 1.74 bits per heavy atom. The molecule has 2 amide bonds. The van der Waals surface area contributed by atoms with Gasteiger partial charge in [-0.1, -0.05) is 23.2 Å². The Morgan fingerprint density at radius 1 is 1.11 bits per heavy atom. The SMILES string of the molecule is CC(N)C1CCCN(C(=O)C2CCCN2C(=O)c2cc(Cl)cc(Cl)c2)C1.Cl. The van der Waals surface area contributed by atoms with Crippen LogP contribution in [0.1, 0.15) is 43.0 Å². The molecule has 1 aromatic rings. The quantitative estimate of drug-likeness (QED) is 0.790. The third-order valence-electron chi connectivity index (χ3n) is 5.42. The Labute approximate surface area is 176 Å². The van der Waals surface area contributed by atoms with E-state index in [4.69, 9.17) is 28.9 Å². The third-order valence-corrected chi connectivity index (χ3v) is 5.86. The maximum atomic E-state index is 13.1. The lowest BCUT2D eigenvalue weighted by Gasteiger charge is -2.37. The molecule has 2 fully saturated rings. The summed E-state index contributed by atoms with van der Waals surface area (Å²) in [6.07, 6.45) is 3.53. The van der Waals surface area contributed by atoms with Gasteiger partial charge in [0.25, 0.3) is 5.91 Å². The van der Waals surface area contributed by atoms with E-state index in [1.54, 1.807) is 23.1 Å². The highest BCUT2D eigenvalue weighted by Crippen LogP contribution is 2.27. The lowest BCUT2D eigenvalue weighted by Crippen LogP contribution is -2.52. The predicted molar refractivity (Wildman–Crippen MR) is 111 cm³/mol. The van der Waals surface area contributed by atoms with Crippen LogP contribution in [0.15, 0.2) is 18.2 Å². The first-order chi connectivity index (χ1) is 12.4. The van der Waals surface area contributed by atoms with Gasteiger partial charge in [-0.3, -0.25) is 9.59 Å². The Balaban J connectivity index is 0.00000261. The molecule has 2 aliphatic rings. The lowest BCUT2D eigenvalue weighted by molar-refractivity contribution is -0.137. The summed E-state index contributed by atoms with van der Waals surface area (Å²) < 4.78 is 0. The van der Waals surface area contributed by atoms with E-state index < -0.39 is 6.04 Å². The molecule has 3 rings (SSSR count). The van der Waals surface area contributed by atoms with Gasteiger partial charge in [0.05, 0.1) is 0 Å². The molecule has 0 aliphatic carbocycles. The van der Waals surface area contributed by atoms with Gasteiger partial charge in [-0.25, -0.2) is 0 Å². The van der Waals surface area contributed by atoms with Gasteiger partial charge in [0.15, 0.2) is 0 Å². The van der Waals surface area contributed by atoms with Crippen LogP contribution in [0.5, 0.6) is 0 Å². The second-order valence-corrected chi connectivity index (χ2v) is 8.23. The van der Waals surface area contributed by atoms with Crippen molar-refractivity contribution in [3.05, 3.63) is 33.8 Å². The lowest BCUT2D eigenvalue weighted by atomic mass is 9.91. The molecule has 2 aliphatic heterocycles. The minimum atomic E-state index is -0.410. The number of nitrogens with two attached hydrogens (primary N) is 1. The smallest absolute Gasteiger partial charge is 0.254 e. The predicted octanol–water partition coefficient (Wildman–Crippen LogP) is 3.61. The van der Waals surface area contributed by atoms with E-state index in [1.165, 1.54) is 0 Å². The molecule has 0 aromatic heterocycles. The van der Waals surface area contributed by atoms with Gasteiger partial charge in [0.1, 0.15) is 6.04 Å². The van der Waals surface area contributed by atoms with Crippen LogP contribution < -0.4 is 5.73 Å². The van der Waals surface area contributed by atoms with Crippen molar-refractivity contribution >= 4 is 47.4 Å². The van der Waals surface area contributed by atoms with Crippen LogP contribution in [0.25, 0.3) is 0 Å². The topological polar surface area (TPSA) is 66.6 Å². The van der Waals surface area contributed by atoms with Crippen molar-refractivity contribution in [3.63, 3.8) is 0 Å². The van der Waals surface area contributed by atoms with Crippen molar-refractivity contribution in [1.82, 2.24) is 9.80 Å². The summed E-state index contributed by atoms with van der Waals surface area (Å²) in [5.41, 5.74) is 6.46. The first kappa shape index (κ1) is 22.3. The van der Waals surface area contributed by atoms with E-state index in [9.17, 15) is 9.59 Å². The molecule has 5 nitrogen and oxygen atoms in total. The van der Waals surface area contributed by atoms with Crippen LogP contribution in [0.2, 0.25) is 10.0 Å². The Kier molecular flexibility index (Phi) is 7.81. The number of carbonyl (C=O) groups is 2. The normalized spacial score (nSPS) is 23.7. The number of likely N-dealkylation sites (tertiary alicyclic amines) is 2. The molecule has 1 aromatic carbocycles. The van der Waals surface area contributed by atoms with Crippen molar-refractivity contribution in [3.8, 4) is 0 Å². The fourth-order valence-electron chi connectivity index (χ4n) is 3.96. The summed E-state index contributed by atoms with van der Waals surface area (Å²) in [4.78, 5) is 29.6. The minimum Gasteiger partial charge on any atom is -0.341 e. The van der Waals surface area contributed by atoms with Crippen LogP contribution in [-0.4, -0.2) is 53.3 Å². The molecule has 150 valence electrons. The molecule has 3 unspecified atom stereocenters. The molecular formula is C19H26Cl3N3O2. The van der Waals surface area contributed by atoms with Gasteiger partial charge in [-0.2, -0.15) is 0 Å². The average molecular weight is 435 g/mol. The molecule has 0 radical (unpaired) electrons. The highest BCUT2D eigenvalue weighted by molar-refractivity contribution is 6.35. The summed E-state index contributed by atoms with van der Waals surface area (Å²) in [6, 6.07) is 4.45. The van der Waals surface area contributed by atoms with Gasteiger partial charge >= 0.3 is 0 Å². The molecule has 2 heterocycles. The fraction of sp³-hybridized carbons (Fsp3) is 0.579. The zero-order valence-electron chi connectivity index (χ0n) is 15.4. The van der Waals surface area contributed by atoms with Gasteiger partial charge < -0.3 is 15.5 Å². The number of benzene rings is 1. The van der Waals surface area contributed by atoms with Crippen LogP contribution >= 0.6 is 35.6 Å². The summed E-state index contributed by atoms with van der Waals surface area (Å²) >= 11 is 12.1. The first-order valence-electron chi connectivity index (χ1n) is 9.18. The zero-order valence-corrected chi connectivity index (χ0v) is 17.7. The second-order valence-electron chi connectivity index (χ2n) is 7.36.